The lowest BCUT2D eigenvalue weighted by Gasteiger charge is -2.34. The summed E-state index contributed by atoms with van der Waals surface area (Å²) in [7, 11) is -1.51. The summed E-state index contributed by atoms with van der Waals surface area (Å²) in [4.78, 5) is 26.1. The molecular weight excluding hydrogens is 298 g/mol. The topological polar surface area (TPSA) is 98.2 Å². The molecule has 1 unspecified atom stereocenters. The fourth-order valence-corrected chi connectivity index (χ4v) is 3.04. The number of carboxylic acids is 1. The Balaban J connectivity index is 2.42. The van der Waals surface area contributed by atoms with Crippen LogP contribution < -0.4 is 0 Å². The Hall–Kier alpha value is -1.19. The smallest absolute Gasteiger partial charge is 0.307 e. The Kier molecular flexibility index (Phi) is 6.11. The summed E-state index contributed by atoms with van der Waals surface area (Å²) in [5.41, 5.74) is 0. The molecular formula is C12H23N3O5S. The summed E-state index contributed by atoms with van der Waals surface area (Å²) >= 11 is 0. The van der Waals surface area contributed by atoms with E-state index in [9.17, 15) is 18.0 Å². The molecule has 1 heterocycles. The standard InChI is InChI=1S/C12H23N3O5S/c1-10(12(17)18)8-13(2)9-11(16)14-4-6-15(7-5-14)21(3,19)20/h10H,4-9H2,1-3H3,(H,17,18). The number of aliphatic carboxylic acids is 1. The summed E-state index contributed by atoms with van der Waals surface area (Å²) in [6, 6.07) is 0. The number of hydrogen-bond acceptors (Lipinski definition) is 5. The largest absolute Gasteiger partial charge is 0.481 e. The summed E-state index contributed by atoms with van der Waals surface area (Å²) in [6.07, 6.45) is 1.16. The van der Waals surface area contributed by atoms with Gasteiger partial charge in [-0.2, -0.15) is 4.31 Å². The van der Waals surface area contributed by atoms with Gasteiger partial charge in [0.1, 0.15) is 0 Å². The van der Waals surface area contributed by atoms with Crippen molar-refractivity contribution in [2.24, 2.45) is 5.92 Å². The van der Waals surface area contributed by atoms with Gasteiger partial charge in [-0.15, -0.1) is 0 Å². The highest BCUT2D eigenvalue weighted by Gasteiger charge is 2.26. The number of carbonyl (C=O) groups is 2. The average molecular weight is 321 g/mol. The number of rotatable bonds is 6. The zero-order chi connectivity index (χ0) is 16.2. The van der Waals surface area contributed by atoms with Gasteiger partial charge in [0.05, 0.1) is 18.7 Å². The normalized spacial score (nSPS) is 18.8. The van der Waals surface area contributed by atoms with Crippen LogP contribution in [0.3, 0.4) is 0 Å². The van der Waals surface area contributed by atoms with Crippen LogP contribution in [-0.4, -0.2) is 92.1 Å². The van der Waals surface area contributed by atoms with Crippen molar-refractivity contribution in [3.8, 4) is 0 Å². The molecule has 122 valence electrons. The summed E-state index contributed by atoms with van der Waals surface area (Å²) < 4.78 is 24.1. The first-order chi connectivity index (χ1) is 9.61. The second-order valence-corrected chi connectivity index (χ2v) is 7.46. The van der Waals surface area contributed by atoms with Crippen LogP contribution in [0, 0.1) is 5.92 Å². The molecule has 1 aliphatic rings. The van der Waals surface area contributed by atoms with Gasteiger partial charge in [-0.3, -0.25) is 14.5 Å². The van der Waals surface area contributed by atoms with E-state index in [1.807, 2.05) is 0 Å². The van der Waals surface area contributed by atoms with E-state index in [1.165, 1.54) is 4.31 Å². The van der Waals surface area contributed by atoms with Crippen molar-refractivity contribution in [3.05, 3.63) is 0 Å². The molecule has 8 nitrogen and oxygen atoms in total. The minimum atomic E-state index is -3.20. The minimum Gasteiger partial charge on any atom is -0.481 e. The van der Waals surface area contributed by atoms with E-state index >= 15 is 0 Å². The van der Waals surface area contributed by atoms with E-state index in [-0.39, 0.29) is 12.5 Å². The Morgan fingerprint density at radius 2 is 1.76 bits per heavy atom. The average Bonchev–Trinajstić information content (AvgIpc) is 2.37. The van der Waals surface area contributed by atoms with Crippen LogP contribution in [0.5, 0.6) is 0 Å². The molecule has 9 heteroatoms. The maximum absolute atomic E-state index is 12.1. The van der Waals surface area contributed by atoms with Gasteiger partial charge in [0, 0.05) is 32.7 Å². The summed E-state index contributed by atoms with van der Waals surface area (Å²) in [6.45, 7) is 3.37. The molecule has 0 spiro atoms. The molecule has 1 atom stereocenters. The molecule has 0 bridgehead atoms. The molecule has 0 saturated carbocycles. The van der Waals surface area contributed by atoms with Crippen molar-refractivity contribution >= 4 is 21.9 Å². The van der Waals surface area contributed by atoms with Gasteiger partial charge in [0.2, 0.25) is 15.9 Å². The van der Waals surface area contributed by atoms with E-state index < -0.39 is 21.9 Å². The second kappa shape index (κ2) is 7.19. The Labute approximate surface area is 125 Å². The molecule has 0 aromatic heterocycles. The maximum atomic E-state index is 12.1. The zero-order valence-corrected chi connectivity index (χ0v) is 13.5. The third-order valence-electron chi connectivity index (χ3n) is 3.47. The first-order valence-electron chi connectivity index (χ1n) is 6.75. The molecule has 21 heavy (non-hydrogen) atoms. The Morgan fingerprint density at radius 1 is 1.24 bits per heavy atom. The summed E-state index contributed by atoms with van der Waals surface area (Å²) in [5, 5.41) is 8.83. The first-order valence-corrected chi connectivity index (χ1v) is 8.60. The van der Waals surface area contributed by atoms with Crippen LogP contribution in [0.2, 0.25) is 0 Å². The van der Waals surface area contributed by atoms with Crippen LogP contribution in [0.25, 0.3) is 0 Å². The predicted molar refractivity (Wildman–Crippen MR) is 77.3 cm³/mol. The van der Waals surface area contributed by atoms with Crippen LogP contribution >= 0.6 is 0 Å². The highest BCUT2D eigenvalue weighted by molar-refractivity contribution is 7.88. The lowest BCUT2D eigenvalue weighted by Crippen LogP contribution is -2.52. The quantitative estimate of drug-likeness (QED) is 0.656. The number of sulfonamides is 1. The molecule has 1 rings (SSSR count). The zero-order valence-electron chi connectivity index (χ0n) is 12.7. The molecule has 0 aromatic carbocycles. The fourth-order valence-electron chi connectivity index (χ4n) is 2.21. The molecule has 0 aromatic rings. The van der Waals surface area contributed by atoms with Gasteiger partial charge < -0.3 is 10.0 Å². The Bertz CT molecular complexity index is 485. The predicted octanol–water partition coefficient (Wildman–Crippen LogP) is -1.26. The highest BCUT2D eigenvalue weighted by Crippen LogP contribution is 2.07. The SMILES string of the molecule is CC(CN(C)CC(=O)N1CCN(S(C)(=O)=O)CC1)C(=O)O. The van der Waals surface area contributed by atoms with E-state index in [4.69, 9.17) is 5.11 Å². The van der Waals surface area contributed by atoms with Gasteiger partial charge in [-0.1, -0.05) is 6.92 Å². The first kappa shape index (κ1) is 17.9. The monoisotopic (exact) mass is 321 g/mol. The van der Waals surface area contributed by atoms with Gasteiger partial charge in [0.25, 0.3) is 0 Å². The van der Waals surface area contributed by atoms with Crippen molar-refractivity contribution in [3.63, 3.8) is 0 Å². The molecule has 1 saturated heterocycles. The number of amides is 1. The number of carboxylic acid groups (broad SMARTS) is 1. The van der Waals surface area contributed by atoms with Crippen molar-refractivity contribution < 1.29 is 23.1 Å². The van der Waals surface area contributed by atoms with Crippen molar-refractivity contribution in [2.75, 3.05) is 52.6 Å². The lowest BCUT2D eigenvalue weighted by molar-refractivity contribution is -0.142. The van der Waals surface area contributed by atoms with Gasteiger partial charge in [0.15, 0.2) is 0 Å². The second-order valence-electron chi connectivity index (χ2n) is 5.48. The molecule has 1 N–H and O–H groups in total. The fraction of sp³-hybridized carbons (Fsp3) is 0.833. The maximum Gasteiger partial charge on any atom is 0.307 e. The highest BCUT2D eigenvalue weighted by atomic mass is 32.2. The van der Waals surface area contributed by atoms with E-state index in [0.29, 0.717) is 32.7 Å². The number of hydrogen-bond donors (Lipinski definition) is 1. The van der Waals surface area contributed by atoms with Crippen molar-refractivity contribution in [2.45, 2.75) is 6.92 Å². The molecule has 1 amide bonds. The van der Waals surface area contributed by atoms with Crippen LogP contribution in [-0.2, 0) is 19.6 Å². The third kappa shape index (κ3) is 5.60. The van der Waals surface area contributed by atoms with E-state index in [0.717, 1.165) is 6.26 Å². The number of nitrogens with zero attached hydrogens (tertiary/aromatic N) is 3. The molecule has 0 radical (unpaired) electrons. The summed E-state index contributed by atoms with van der Waals surface area (Å²) in [5.74, 6) is -1.54. The van der Waals surface area contributed by atoms with Crippen molar-refractivity contribution in [1.29, 1.82) is 0 Å². The molecule has 0 aliphatic carbocycles. The van der Waals surface area contributed by atoms with Gasteiger partial charge in [-0.05, 0) is 7.05 Å². The van der Waals surface area contributed by atoms with Crippen LogP contribution in [0.4, 0.5) is 0 Å². The Morgan fingerprint density at radius 3 is 2.19 bits per heavy atom. The number of likely N-dealkylation sites (N-methyl/N-ethyl adjacent to an activating group) is 1. The van der Waals surface area contributed by atoms with Gasteiger partial charge in [-0.25, -0.2) is 8.42 Å². The van der Waals surface area contributed by atoms with Crippen LogP contribution in [0.1, 0.15) is 6.92 Å². The van der Waals surface area contributed by atoms with E-state index in [2.05, 4.69) is 0 Å². The molecule has 1 aliphatic heterocycles. The lowest BCUT2D eigenvalue weighted by atomic mass is 10.2. The number of carbonyl (C=O) groups excluding carboxylic acids is 1. The number of piperazine rings is 1. The minimum absolute atomic E-state index is 0.108. The van der Waals surface area contributed by atoms with Crippen molar-refractivity contribution in [1.82, 2.24) is 14.1 Å². The van der Waals surface area contributed by atoms with Crippen LogP contribution in [0.15, 0.2) is 0 Å². The van der Waals surface area contributed by atoms with Gasteiger partial charge >= 0.3 is 5.97 Å². The third-order valence-corrected chi connectivity index (χ3v) is 4.78. The van der Waals surface area contributed by atoms with E-state index in [1.54, 1.807) is 23.8 Å². The molecule has 1 fully saturated rings.